The van der Waals surface area contributed by atoms with Crippen LogP contribution in [0.25, 0.3) is 0 Å². The van der Waals surface area contributed by atoms with Gasteiger partial charge < -0.3 is 4.74 Å². The van der Waals surface area contributed by atoms with E-state index in [1.807, 2.05) is 6.92 Å². The Hall–Kier alpha value is -2.39. The average molecular weight is 390 g/mol. The van der Waals surface area contributed by atoms with Crippen LogP contribution in [-0.4, -0.2) is 24.9 Å². The number of nitrogens with one attached hydrogen (secondary N) is 1. The molecule has 9 heteroatoms. The summed E-state index contributed by atoms with van der Waals surface area (Å²) in [6, 6.07) is 6.95. The Bertz CT molecular complexity index is 873. The standard InChI is InChI=1S/C17H19N5O2S2/c1-10(2)8-15-19-20-17(25-15)18-16(23)12-4-6-13(7-5-12)24-9-14-11(3)21-26-22-14/h4-7,10H,8-9H2,1-3H3,(H,18,20,23). The summed E-state index contributed by atoms with van der Waals surface area (Å²) in [5.41, 5.74) is 2.23. The molecular weight excluding hydrogens is 370 g/mol. The number of aryl methyl sites for hydroxylation is 1. The highest BCUT2D eigenvalue weighted by Crippen LogP contribution is 2.20. The molecule has 2 aromatic heterocycles. The average Bonchev–Trinajstić information content (AvgIpc) is 3.21. The maximum absolute atomic E-state index is 12.3. The van der Waals surface area contributed by atoms with Crippen molar-refractivity contribution in [2.75, 3.05) is 5.32 Å². The van der Waals surface area contributed by atoms with Gasteiger partial charge in [0.15, 0.2) is 0 Å². The first kappa shape index (κ1) is 18.4. The third-order valence-corrected chi connectivity index (χ3v) is 5.03. The minimum Gasteiger partial charge on any atom is -0.487 e. The van der Waals surface area contributed by atoms with E-state index in [0.29, 0.717) is 29.0 Å². The number of benzene rings is 1. The summed E-state index contributed by atoms with van der Waals surface area (Å²) >= 11 is 2.57. The van der Waals surface area contributed by atoms with E-state index in [0.717, 1.165) is 22.8 Å². The SMILES string of the molecule is Cc1nsnc1COc1ccc(C(=O)Nc2nnc(CC(C)C)s2)cc1. The topological polar surface area (TPSA) is 89.9 Å². The van der Waals surface area contributed by atoms with Gasteiger partial charge >= 0.3 is 0 Å². The van der Waals surface area contributed by atoms with Crippen LogP contribution in [0, 0.1) is 12.8 Å². The summed E-state index contributed by atoms with van der Waals surface area (Å²) in [5, 5.41) is 12.3. The number of carbonyl (C=O) groups excluding carboxylic acids is 1. The molecule has 1 amide bonds. The molecule has 0 fully saturated rings. The Morgan fingerprint density at radius 1 is 1.19 bits per heavy atom. The number of carbonyl (C=O) groups is 1. The number of aromatic nitrogens is 4. The number of nitrogens with zero attached hydrogens (tertiary/aromatic N) is 4. The van der Waals surface area contributed by atoms with Crippen LogP contribution in [-0.2, 0) is 13.0 Å². The first-order chi connectivity index (χ1) is 12.5. The van der Waals surface area contributed by atoms with Crippen molar-refractivity contribution in [1.82, 2.24) is 18.9 Å². The van der Waals surface area contributed by atoms with Crippen molar-refractivity contribution in [1.29, 1.82) is 0 Å². The molecule has 2 heterocycles. The number of hydrogen-bond acceptors (Lipinski definition) is 8. The summed E-state index contributed by atoms with van der Waals surface area (Å²) in [4.78, 5) is 12.3. The van der Waals surface area contributed by atoms with Gasteiger partial charge in [0.1, 0.15) is 23.1 Å². The predicted molar refractivity (Wildman–Crippen MR) is 102 cm³/mol. The summed E-state index contributed by atoms with van der Waals surface area (Å²) in [7, 11) is 0. The molecule has 26 heavy (non-hydrogen) atoms. The fraction of sp³-hybridized carbons (Fsp3) is 0.353. The van der Waals surface area contributed by atoms with Gasteiger partial charge in [-0.1, -0.05) is 25.2 Å². The van der Waals surface area contributed by atoms with Crippen molar-refractivity contribution in [3.63, 3.8) is 0 Å². The van der Waals surface area contributed by atoms with Crippen molar-refractivity contribution in [3.05, 3.63) is 46.2 Å². The van der Waals surface area contributed by atoms with Gasteiger partial charge in [-0.15, -0.1) is 10.2 Å². The lowest BCUT2D eigenvalue weighted by Crippen LogP contribution is -2.11. The second kappa shape index (κ2) is 8.33. The van der Waals surface area contributed by atoms with Crippen molar-refractivity contribution in [2.45, 2.75) is 33.8 Å². The first-order valence-corrected chi connectivity index (χ1v) is 9.70. The number of rotatable bonds is 7. The van der Waals surface area contributed by atoms with E-state index in [1.54, 1.807) is 24.3 Å². The minimum absolute atomic E-state index is 0.219. The van der Waals surface area contributed by atoms with Crippen LogP contribution >= 0.6 is 23.1 Å². The van der Waals surface area contributed by atoms with Crippen LogP contribution in [0.2, 0.25) is 0 Å². The molecule has 0 saturated carbocycles. The van der Waals surface area contributed by atoms with Crippen LogP contribution in [0.3, 0.4) is 0 Å². The monoisotopic (exact) mass is 389 g/mol. The van der Waals surface area contributed by atoms with E-state index in [4.69, 9.17) is 4.74 Å². The van der Waals surface area contributed by atoms with Crippen molar-refractivity contribution in [2.24, 2.45) is 5.92 Å². The van der Waals surface area contributed by atoms with Gasteiger partial charge in [-0.2, -0.15) is 8.75 Å². The molecule has 7 nitrogen and oxygen atoms in total. The molecule has 0 bridgehead atoms. The summed E-state index contributed by atoms with van der Waals surface area (Å²) in [5.74, 6) is 0.954. The Balaban J connectivity index is 1.56. The van der Waals surface area contributed by atoms with E-state index < -0.39 is 0 Å². The lowest BCUT2D eigenvalue weighted by Gasteiger charge is -2.06. The predicted octanol–water partition coefficient (Wildman–Crippen LogP) is 3.73. The maximum atomic E-state index is 12.3. The number of ether oxygens (including phenoxy) is 1. The van der Waals surface area contributed by atoms with Gasteiger partial charge in [0.25, 0.3) is 5.91 Å². The maximum Gasteiger partial charge on any atom is 0.257 e. The zero-order chi connectivity index (χ0) is 18.5. The van der Waals surface area contributed by atoms with Crippen LogP contribution in [0.4, 0.5) is 5.13 Å². The van der Waals surface area contributed by atoms with Crippen molar-refractivity contribution < 1.29 is 9.53 Å². The minimum atomic E-state index is -0.219. The lowest BCUT2D eigenvalue weighted by atomic mass is 10.1. The van der Waals surface area contributed by atoms with Crippen LogP contribution in [0.15, 0.2) is 24.3 Å². The molecule has 136 valence electrons. The number of hydrogen-bond donors (Lipinski definition) is 1. The molecule has 0 radical (unpaired) electrons. The van der Waals surface area contributed by atoms with Crippen LogP contribution < -0.4 is 10.1 Å². The zero-order valence-electron chi connectivity index (χ0n) is 14.7. The van der Waals surface area contributed by atoms with E-state index in [9.17, 15) is 4.79 Å². The van der Waals surface area contributed by atoms with Gasteiger partial charge in [-0.25, -0.2) is 0 Å². The Labute approximate surface area is 159 Å². The molecule has 0 atom stereocenters. The molecule has 0 aliphatic heterocycles. The quantitative estimate of drug-likeness (QED) is 0.662. The van der Waals surface area contributed by atoms with Crippen molar-refractivity contribution in [3.8, 4) is 5.75 Å². The molecule has 3 aromatic rings. The van der Waals surface area contributed by atoms with Crippen molar-refractivity contribution >= 4 is 34.1 Å². The fourth-order valence-electron chi connectivity index (χ4n) is 2.14. The largest absolute Gasteiger partial charge is 0.487 e. The Kier molecular flexibility index (Phi) is 5.89. The number of anilines is 1. The molecule has 0 spiro atoms. The molecule has 3 rings (SSSR count). The third-order valence-electron chi connectivity index (χ3n) is 3.51. The second-order valence-electron chi connectivity index (χ2n) is 6.16. The normalized spacial score (nSPS) is 10.9. The lowest BCUT2D eigenvalue weighted by molar-refractivity contribution is 0.102. The third kappa shape index (κ3) is 4.83. The molecule has 0 aliphatic rings. The highest BCUT2D eigenvalue weighted by atomic mass is 32.1. The van der Waals surface area contributed by atoms with Crippen LogP contribution in [0.1, 0.15) is 40.6 Å². The van der Waals surface area contributed by atoms with Gasteiger partial charge in [-0.3, -0.25) is 10.1 Å². The summed E-state index contributed by atoms with van der Waals surface area (Å²) in [6.45, 7) is 6.50. The van der Waals surface area contributed by atoms with E-state index >= 15 is 0 Å². The van der Waals surface area contributed by atoms with E-state index in [1.165, 1.54) is 23.1 Å². The highest BCUT2D eigenvalue weighted by molar-refractivity contribution is 7.15. The van der Waals surface area contributed by atoms with E-state index in [2.05, 4.69) is 38.1 Å². The molecule has 0 aliphatic carbocycles. The zero-order valence-corrected chi connectivity index (χ0v) is 16.4. The Morgan fingerprint density at radius 2 is 1.96 bits per heavy atom. The van der Waals surface area contributed by atoms with Crippen LogP contribution in [0.5, 0.6) is 5.75 Å². The summed E-state index contributed by atoms with van der Waals surface area (Å²) in [6.07, 6.45) is 0.855. The highest BCUT2D eigenvalue weighted by Gasteiger charge is 2.11. The van der Waals surface area contributed by atoms with Gasteiger partial charge in [-0.05, 0) is 37.1 Å². The number of amides is 1. The molecular formula is C17H19N5O2S2. The van der Waals surface area contributed by atoms with Gasteiger partial charge in [0, 0.05) is 12.0 Å². The molecule has 0 unspecified atom stereocenters. The second-order valence-corrected chi connectivity index (χ2v) is 7.75. The first-order valence-electron chi connectivity index (χ1n) is 8.16. The smallest absolute Gasteiger partial charge is 0.257 e. The fourth-order valence-corrected chi connectivity index (χ4v) is 3.64. The molecule has 1 N–H and O–H groups in total. The summed E-state index contributed by atoms with van der Waals surface area (Å²) < 4.78 is 14.0. The molecule has 0 saturated heterocycles. The molecule has 1 aromatic carbocycles. The van der Waals surface area contributed by atoms with E-state index in [-0.39, 0.29) is 5.91 Å². The Morgan fingerprint density at radius 3 is 2.62 bits per heavy atom. The van der Waals surface area contributed by atoms with Gasteiger partial charge in [0.05, 0.1) is 17.4 Å². The van der Waals surface area contributed by atoms with Gasteiger partial charge in [0.2, 0.25) is 5.13 Å².